The van der Waals surface area contributed by atoms with Crippen LogP contribution in [-0.2, 0) is 13.1 Å². The molecule has 1 aliphatic heterocycles. The maximum absolute atomic E-state index is 12.6. The molecule has 0 spiro atoms. The molecule has 0 aromatic heterocycles. The van der Waals surface area contributed by atoms with Crippen LogP contribution in [0.5, 0.6) is 0 Å². The molecule has 0 unspecified atom stereocenters. The van der Waals surface area contributed by atoms with Gasteiger partial charge in [-0.3, -0.25) is 4.79 Å². The molecule has 3 nitrogen and oxygen atoms in total. The van der Waals surface area contributed by atoms with Gasteiger partial charge in [-0.05, 0) is 35.7 Å². The topological polar surface area (TPSA) is 23.6 Å². The monoisotopic (exact) mass is 290 g/mol. The molecule has 0 fully saturated rings. The van der Waals surface area contributed by atoms with Gasteiger partial charge in [-0.15, -0.1) is 0 Å². The van der Waals surface area contributed by atoms with Crippen molar-refractivity contribution < 1.29 is 4.79 Å². The average molecular weight is 290 g/mol. The molecule has 0 atom stereocenters. The lowest BCUT2D eigenvalue weighted by Crippen LogP contribution is -2.23. The van der Waals surface area contributed by atoms with Crippen molar-refractivity contribution in [2.24, 2.45) is 0 Å². The Morgan fingerprint density at radius 1 is 1.18 bits per heavy atom. The summed E-state index contributed by atoms with van der Waals surface area (Å²) in [6.07, 6.45) is 0. The summed E-state index contributed by atoms with van der Waals surface area (Å²) < 4.78 is 0. The molecular weight excluding hydrogens is 271 g/mol. The van der Waals surface area contributed by atoms with E-state index in [1.807, 2.05) is 38.1 Å². The van der Waals surface area contributed by atoms with Gasteiger partial charge < -0.3 is 9.80 Å². The van der Waals surface area contributed by atoms with Crippen LogP contribution in [0.2, 0.25) is 0 Å². The van der Waals surface area contributed by atoms with Gasteiger partial charge in [0.1, 0.15) is 7.85 Å². The van der Waals surface area contributed by atoms with Crippen LogP contribution in [0, 0.1) is 6.92 Å². The van der Waals surface area contributed by atoms with Gasteiger partial charge in [0.05, 0.1) is 0 Å². The molecule has 2 aromatic carbocycles. The summed E-state index contributed by atoms with van der Waals surface area (Å²) in [5, 5.41) is 0. The highest BCUT2D eigenvalue weighted by Crippen LogP contribution is 2.26. The van der Waals surface area contributed by atoms with Crippen LogP contribution in [0.3, 0.4) is 0 Å². The summed E-state index contributed by atoms with van der Waals surface area (Å²) in [5.41, 5.74) is 5.83. The fraction of sp³-hybridized carbons (Fsp3) is 0.278. The first kappa shape index (κ1) is 14.7. The molecule has 22 heavy (non-hydrogen) atoms. The third-order valence-corrected chi connectivity index (χ3v) is 4.13. The molecule has 1 heterocycles. The third kappa shape index (κ3) is 2.61. The summed E-state index contributed by atoms with van der Waals surface area (Å²) in [6, 6.07) is 12.1. The minimum Gasteiger partial charge on any atom is -0.378 e. The summed E-state index contributed by atoms with van der Waals surface area (Å²) in [5.74, 6) is 0.101. The van der Waals surface area contributed by atoms with Crippen LogP contribution in [0.25, 0.3) is 0 Å². The summed E-state index contributed by atoms with van der Waals surface area (Å²) in [6.45, 7) is 3.21. The first-order chi connectivity index (χ1) is 10.5. The zero-order valence-corrected chi connectivity index (χ0v) is 13.3. The Labute approximate surface area is 133 Å². The van der Waals surface area contributed by atoms with Gasteiger partial charge in [-0.25, -0.2) is 0 Å². The van der Waals surface area contributed by atoms with E-state index in [-0.39, 0.29) is 5.91 Å². The maximum atomic E-state index is 12.6. The van der Waals surface area contributed by atoms with Crippen molar-refractivity contribution >= 4 is 24.9 Å². The van der Waals surface area contributed by atoms with Crippen molar-refractivity contribution in [1.29, 1.82) is 0 Å². The molecule has 0 saturated heterocycles. The van der Waals surface area contributed by atoms with E-state index in [0.29, 0.717) is 13.1 Å². The molecule has 4 heteroatoms. The highest BCUT2D eigenvalue weighted by atomic mass is 16.2. The van der Waals surface area contributed by atoms with E-state index in [4.69, 9.17) is 7.85 Å². The molecular formula is C18H19BN2O. The van der Waals surface area contributed by atoms with Gasteiger partial charge >= 0.3 is 0 Å². The van der Waals surface area contributed by atoms with Crippen molar-refractivity contribution in [1.82, 2.24) is 4.90 Å². The lowest BCUT2D eigenvalue weighted by Gasteiger charge is -2.17. The van der Waals surface area contributed by atoms with Gasteiger partial charge in [0.25, 0.3) is 5.91 Å². The van der Waals surface area contributed by atoms with Gasteiger partial charge in [0.2, 0.25) is 0 Å². The Kier molecular flexibility index (Phi) is 3.69. The summed E-state index contributed by atoms with van der Waals surface area (Å²) in [7, 11) is 9.92. The second-order valence-corrected chi connectivity index (χ2v) is 6.09. The second-order valence-electron chi connectivity index (χ2n) is 6.09. The van der Waals surface area contributed by atoms with Crippen LogP contribution in [0.4, 0.5) is 5.69 Å². The molecule has 1 aliphatic rings. The van der Waals surface area contributed by atoms with E-state index in [9.17, 15) is 4.79 Å². The first-order valence-electron chi connectivity index (χ1n) is 7.40. The standard InChI is InChI=1S/C18H19BN2O/c1-12-8-15(19)9-14-11-21(18(22)17(12)14)10-13-4-6-16(7-5-13)20(2)3/h4-9H,10-11H2,1-3H3. The van der Waals surface area contributed by atoms with E-state index in [1.54, 1.807) is 0 Å². The van der Waals surface area contributed by atoms with Gasteiger partial charge in [0, 0.05) is 38.4 Å². The fourth-order valence-corrected chi connectivity index (χ4v) is 3.00. The number of nitrogens with zero attached hydrogens (tertiary/aromatic N) is 2. The van der Waals surface area contributed by atoms with Crippen molar-refractivity contribution in [3.63, 3.8) is 0 Å². The number of amides is 1. The van der Waals surface area contributed by atoms with E-state index in [1.165, 1.54) is 0 Å². The average Bonchev–Trinajstić information content (AvgIpc) is 2.75. The maximum Gasteiger partial charge on any atom is 0.255 e. The van der Waals surface area contributed by atoms with E-state index in [0.717, 1.165) is 33.4 Å². The van der Waals surface area contributed by atoms with Gasteiger partial charge in [-0.1, -0.05) is 29.7 Å². The van der Waals surface area contributed by atoms with Crippen molar-refractivity contribution in [2.75, 3.05) is 19.0 Å². The van der Waals surface area contributed by atoms with Crippen LogP contribution in [0.15, 0.2) is 36.4 Å². The predicted molar refractivity (Wildman–Crippen MR) is 90.9 cm³/mol. The smallest absolute Gasteiger partial charge is 0.255 e. The lowest BCUT2D eigenvalue weighted by atomic mass is 9.90. The highest BCUT2D eigenvalue weighted by molar-refractivity contribution is 6.32. The van der Waals surface area contributed by atoms with Crippen LogP contribution in [0.1, 0.15) is 27.0 Å². The molecule has 110 valence electrons. The molecule has 0 saturated carbocycles. The normalized spacial score (nSPS) is 13.4. The van der Waals surface area contributed by atoms with Crippen LogP contribution in [-0.4, -0.2) is 32.7 Å². The number of anilines is 1. The SMILES string of the molecule is [B]c1cc(C)c2c(c1)CN(Cc1ccc(N(C)C)cc1)C2=O. The molecule has 3 rings (SSSR count). The number of hydrogen-bond acceptors (Lipinski definition) is 2. The predicted octanol–water partition coefficient (Wildman–Crippen LogP) is 2.01. The first-order valence-corrected chi connectivity index (χ1v) is 7.40. The summed E-state index contributed by atoms with van der Waals surface area (Å²) >= 11 is 0. The van der Waals surface area contributed by atoms with E-state index >= 15 is 0 Å². The molecule has 1 amide bonds. The molecule has 0 aliphatic carbocycles. The van der Waals surface area contributed by atoms with Crippen LogP contribution < -0.4 is 10.4 Å². The largest absolute Gasteiger partial charge is 0.378 e. The van der Waals surface area contributed by atoms with E-state index in [2.05, 4.69) is 29.2 Å². The number of fused-ring (bicyclic) bond motifs is 1. The Morgan fingerprint density at radius 2 is 1.86 bits per heavy atom. The van der Waals surface area contributed by atoms with Crippen molar-refractivity contribution in [3.05, 3.63) is 58.7 Å². The number of rotatable bonds is 3. The molecule has 0 N–H and O–H groups in total. The Bertz CT molecular complexity index is 723. The number of carbonyl (C=O) groups is 1. The highest BCUT2D eigenvalue weighted by Gasteiger charge is 2.28. The Morgan fingerprint density at radius 3 is 2.50 bits per heavy atom. The number of hydrogen-bond donors (Lipinski definition) is 0. The molecule has 2 radical (unpaired) electrons. The zero-order valence-electron chi connectivity index (χ0n) is 13.3. The van der Waals surface area contributed by atoms with Crippen molar-refractivity contribution in [2.45, 2.75) is 20.0 Å². The number of carbonyl (C=O) groups excluding carboxylic acids is 1. The second kappa shape index (κ2) is 5.52. The minimum atomic E-state index is 0.101. The van der Waals surface area contributed by atoms with Gasteiger partial charge in [-0.2, -0.15) is 0 Å². The Hall–Kier alpha value is -2.23. The third-order valence-electron chi connectivity index (χ3n) is 4.13. The summed E-state index contributed by atoms with van der Waals surface area (Å²) in [4.78, 5) is 16.5. The Balaban J connectivity index is 1.80. The van der Waals surface area contributed by atoms with Crippen LogP contribution >= 0.6 is 0 Å². The minimum absolute atomic E-state index is 0.101. The molecule has 2 aromatic rings. The van der Waals surface area contributed by atoms with Gasteiger partial charge in [0.15, 0.2) is 0 Å². The quantitative estimate of drug-likeness (QED) is 0.807. The number of aryl methyl sites for hydroxylation is 1. The van der Waals surface area contributed by atoms with E-state index < -0.39 is 0 Å². The lowest BCUT2D eigenvalue weighted by molar-refractivity contribution is 0.0766. The zero-order chi connectivity index (χ0) is 15.9. The molecule has 0 bridgehead atoms. The number of benzene rings is 2. The van der Waals surface area contributed by atoms with Crippen molar-refractivity contribution in [3.8, 4) is 0 Å². The fourth-order valence-electron chi connectivity index (χ4n) is 3.00.